The van der Waals surface area contributed by atoms with Crippen LogP contribution in [0.25, 0.3) is 0 Å². The van der Waals surface area contributed by atoms with Crippen LogP contribution >= 0.6 is 23.2 Å². The minimum absolute atomic E-state index is 0.0165. The molecule has 2 nitrogen and oxygen atoms in total. The third kappa shape index (κ3) is 4.20. The number of halogens is 4. The summed E-state index contributed by atoms with van der Waals surface area (Å²) in [7, 11) is -3.82. The molecule has 0 saturated heterocycles. The van der Waals surface area contributed by atoms with Crippen molar-refractivity contribution in [3.05, 3.63) is 95.0 Å². The first-order chi connectivity index (χ1) is 13.7. The van der Waals surface area contributed by atoms with Crippen LogP contribution in [0.1, 0.15) is 18.9 Å². The van der Waals surface area contributed by atoms with Gasteiger partial charge in [0.1, 0.15) is 5.54 Å². The zero-order valence-electron chi connectivity index (χ0n) is 15.7. The number of rotatable bonds is 6. The molecule has 7 heteroatoms. The van der Waals surface area contributed by atoms with Crippen molar-refractivity contribution in [2.24, 2.45) is 0 Å². The standard InChI is InChI=1S/C22H20BrF3NOP/c1-2-21(22(24,25)26,17-13-15-18(23)16-14-17)27-29(28,19-9-5-3-6-10-19)20-11-7-4-8-12-20/h3-16H,2H2,1H3,(H,27,28)/t21-/m1/s1. The van der Waals surface area contributed by atoms with E-state index < -0.39 is 19.0 Å². The highest BCUT2D eigenvalue weighted by Gasteiger charge is 2.57. The van der Waals surface area contributed by atoms with Crippen molar-refractivity contribution in [3.8, 4) is 0 Å². The smallest absolute Gasteiger partial charge is 0.296 e. The summed E-state index contributed by atoms with van der Waals surface area (Å²) >= 11 is 3.26. The third-order valence-corrected chi connectivity index (χ3v) is 8.22. The van der Waals surface area contributed by atoms with E-state index in [9.17, 15) is 17.7 Å². The Labute approximate surface area is 176 Å². The second-order valence-electron chi connectivity index (χ2n) is 6.66. The highest BCUT2D eigenvalue weighted by molar-refractivity contribution is 9.10. The van der Waals surface area contributed by atoms with E-state index in [1.165, 1.54) is 19.1 Å². The Hall–Kier alpha value is -1.88. The van der Waals surface area contributed by atoms with Crippen LogP contribution in [0.4, 0.5) is 13.2 Å². The summed E-state index contributed by atoms with van der Waals surface area (Å²) < 4.78 is 58.5. The largest absolute Gasteiger partial charge is 0.411 e. The molecule has 0 aliphatic heterocycles. The maximum atomic E-state index is 14.5. The maximum absolute atomic E-state index is 14.5. The molecule has 0 unspecified atom stereocenters. The predicted molar refractivity (Wildman–Crippen MR) is 115 cm³/mol. The first-order valence-electron chi connectivity index (χ1n) is 9.06. The van der Waals surface area contributed by atoms with Gasteiger partial charge in [-0.25, -0.2) is 5.09 Å². The number of hydrogen-bond acceptors (Lipinski definition) is 1. The van der Waals surface area contributed by atoms with Crippen molar-refractivity contribution in [2.45, 2.75) is 25.1 Å². The van der Waals surface area contributed by atoms with Gasteiger partial charge in [-0.3, -0.25) is 4.57 Å². The second-order valence-corrected chi connectivity index (χ2v) is 10.0. The van der Waals surface area contributed by atoms with E-state index in [2.05, 4.69) is 21.0 Å². The average Bonchev–Trinajstić information content (AvgIpc) is 2.73. The molecule has 1 N–H and O–H groups in total. The molecule has 0 aromatic heterocycles. The van der Waals surface area contributed by atoms with Gasteiger partial charge >= 0.3 is 6.18 Å². The lowest BCUT2D eigenvalue weighted by Crippen LogP contribution is -2.54. The normalized spacial score (nSPS) is 14.4. The lowest BCUT2D eigenvalue weighted by atomic mass is 9.88. The van der Waals surface area contributed by atoms with E-state index >= 15 is 0 Å². The molecular weight excluding hydrogens is 462 g/mol. The van der Waals surface area contributed by atoms with Crippen LogP contribution in [0, 0.1) is 0 Å². The van der Waals surface area contributed by atoms with Crippen molar-refractivity contribution in [2.75, 3.05) is 0 Å². The fraction of sp³-hybridized carbons (Fsp3) is 0.182. The Morgan fingerprint density at radius 2 is 1.28 bits per heavy atom. The van der Waals surface area contributed by atoms with Crippen molar-refractivity contribution in [3.63, 3.8) is 0 Å². The Morgan fingerprint density at radius 3 is 1.66 bits per heavy atom. The van der Waals surface area contributed by atoms with Crippen LogP contribution in [0.3, 0.4) is 0 Å². The van der Waals surface area contributed by atoms with Gasteiger partial charge in [-0.05, 0) is 48.4 Å². The molecule has 1 atom stereocenters. The first-order valence-corrected chi connectivity index (χ1v) is 11.6. The highest BCUT2D eigenvalue weighted by atomic mass is 79.9. The van der Waals surface area contributed by atoms with Crippen LogP contribution in [-0.2, 0) is 10.1 Å². The Balaban J connectivity index is 2.24. The summed E-state index contributed by atoms with van der Waals surface area (Å²) in [6, 6.07) is 22.5. The van der Waals surface area contributed by atoms with E-state index in [4.69, 9.17) is 0 Å². The van der Waals surface area contributed by atoms with Gasteiger partial charge in [0.25, 0.3) is 0 Å². The molecule has 0 amide bonds. The molecule has 0 bridgehead atoms. The zero-order chi connectivity index (χ0) is 21.1. The number of nitrogens with one attached hydrogen (secondary N) is 1. The molecule has 152 valence electrons. The molecule has 0 fully saturated rings. The monoisotopic (exact) mass is 481 g/mol. The summed E-state index contributed by atoms with van der Waals surface area (Å²) in [5, 5.41) is 3.27. The second kappa shape index (κ2) is 8.47. The van der Waals surface area contributed by atoms with Crippen LogP contribution in [-0.4, -0.2) is 6.18 Å². The maximum Gasteiger partial charge on any atom is 0.411 e. The molecule has 0 radical (unpaired) electrons. The lowest BCUT2D eigenvalue weighted by Gasteiger charge is -2.39. The van der Waals surface area contributed by atoms with Crippen molar-refractivity contribution >= 4 is 33.8 Å². The molecule has 29 heavy (non-hydrogen) atoms. The van der Waals surface area contributed by atoms with Gasteiger partial charge in [0.2, 0.25) is 7.29 Å². The molecule has 0 aliphatic carbocycles. The molecule has 0 saturated carbocycles. The molecule has 3 aromatic carbocycles. The van der Waals surface area contributed by atoms with Gasteiger partial charge in [0.05, 0.1) is 0 Å². The van der Waals surface area contributed by atoms with E-state index in [-0.39, 0.29) is 12.0 Å². The van der Waals surface area contributed by atoms with Gasteiger partial charge in [-0.15, -0.1) is 0 Å². The molecule has 0 aliphatic rings. The SMILES string of the molecule is CC[C@@](NP(=O)(c1ccccc1)c1ccccc1)(c1ccc(Br)cc1)C(F)(F)F. The van der Waals surface area contributed by atoms with Crippen LogP contribution in [0.2, 0.25) is 0 Å². The molecule has 0 heterocycles. The first kappa shape index (κ1) is 21.8. The van der Waals surface area contributed by atoms with Gasteiger partial charge in [-0.1, -0.05) is 71.4 Å². The Kier molecular flexibility index (Phi) is 6.37. The van der Waals surface area contributed by atoms with E-state index in [0.29, 0.717) is 15.1 Å². The Bertz CT molecular complexity index is 951. The molecule has 3 aromatic rings. The van der Waals surface area contributed by atoms with E-state index in [0.717, 1.165) is 0 Å². The van der Waals surface area contributed by atoms with E-state index in [1.807, 2.05) is 0 Å². The summed E-state index contributed by atoms with van der Waals surface area (Å²) in [6.45, 7) is 1.45. The summed E-state index contributed by atoms with van der Waals surface area (Å²) in [4.78, 5) is 0. The van der Waals surface area contributed by atoms with Crippen molar-refractivity contribution in [1.29, 1.82) is 0 Å². The lowest BCUT2D eigenvalue weighted by molar-refractivity contribution is -0.196. The fourth-order valence-corrected chi connectivity index (χ4v) is 6.29. The summed E-state index contributed by atoms with van der Waals surface area (Å²) in [6.07, 6.45) is -4.99. The van der Waals surface area contributed by atoms with Crippen LogP contribution in [0.15, 0.2) is 89.4 Å². The summed E-state index contributed by atoms with van der Waals surface area (Å²) in [5.74, 6) is 0. The average molecular weight is 482 g/mol. The fourth-order valence-electron chi connectivity index (χ4n) is 3.33. The topological polar surface area (TPSA) is 29.1 Å². The number of benzene rings is 3. The van der Waals surface area contributed by atoms with Crippen LogP contribution in [0.5, 0.6) is 0 Å². The third-order valence-electron chi connectivity index (χ3n) is 4.94. The van der Waals surface area contributed by atoms with Crippen LogP contribution < -0.4 is 15.7 Å². The minimum atomic E-state index is -4.67. The van der Waals surface area contributed by atoms with E-state index in [1.54, 1.807) is 72.8 Å². The van der Waals surface area contributed by atoms with Crippen molar-refractivity contribution < 1.29 is 17.7 Å². The number of hydrogen-bond donors (Lipinski definition) is 1. The van der Waals surface area contributed by atoms with Gasteiger partial charge in [0.15, 0.2) is 0 Å². The van der Waals surface area contributed by atoms with Gasteiger partial charge in [0, 0.05) is 15.1 Å². The van der Waals surface area contributed by atoms with Crippen molar-refractivity contribution in [1.82, 2.24) is 5.09 Å². The quantitative estimate of drug-likeness (QED) is 0.428. The van der Waals surface area contributed by atoms with Gasteiger partial charge in [-0.2, -0.15) is 13.2 Å². The summed E-state index contributed by atoms with van der Waals surface area (Å²) in [5.41, 5.74) is -2.46. The Morgan fingerprint density at radius 1 is 0.828 bits per heavy atom. The predicted octanol–water partition coefficient (Wildman–Crippen LogP) is 6.14. The highest BCUT2D eigenvalue weighted by Crippen LogP contribution is 2.51. The number of alkyl halides is 3. The molecule has 3 rings (SSSR count). The zero-order valence-corrected chi connectivity index (χ0v) is 18.1. The van der Waals surface area contributed by atoms with Gasteiger partial charge < -0.3 is 0 Å². The molecular formula is C22H20BrF3NOP. The molecule has 0 spiro atoms. The minimum Gasteiger partial charge on any atom is -0.296 e.